The van der Waals surface area contributed by atoms with Gasteiger partial charge in [0.1, 0.15) is 0 Å². The number of hydrogen-bond donors (Lipinski definition) is 1. The SMILES string of the molecule is Cc1cc(C(=O)NCc2cc(C)n(C)n2)ccc1[N+](=O)[O-]. The van der Waals surface area contributed by atoms with Crippen LogP contribution in [0.3, 0.4) is 0 Å². The van der Waals surface area contributed by atoms with Crippen LogP contribution in [0.1, 0.15) is 27.3 Å². The van der Waals surface area contributed by atoms with Crippen molar-refractivity contribution >= 4 is 11.6 Å². The van der Waals surface area contributed by atoms with Crippen molar-refractivity contribution in [2.45, 2.75) is 20.4 Å². The Balaban J connectivity index is 2.06. The fourth-order valence-corrected chi connectivity index (χ4v) is 2.00. The average molecular weight is 288 g/mol. The minimum atomic E-state index is -0.465. The normalized spacial score (nSPS) is 10.4. The van der Waals surface area contributed by atoms with Gasteiger partial charge in [-0.2, -0.15) is 5.10 Å². The smallest absolute Gasteiger partial charge is 0.272 e. The van der Waals surface area contributed by atoms with Crippen molar-refractivity contribution in [1.29, 1.82) is 0 Å². The number of nitro groups is 1. The number of nitrogens with one attached hydrogen (secondary N) is 1. The molecule has 0 unspecified atom stereocenters. The quantitative estimate of drug-likeness (QED) is 0.687. The Labute approximate surface area is 121 Å². The van der Waals surface area contributed by atoms with E-state index in [4.69, 9.17) is 0 Å². The second kappa shape index (κ2) is 5.74. The van der Waals surface area contributed by atoms with Crippen molar-refractivity contribution in [3.8, 4) is 0 Å². The molecule has 0 bridgehead atoms. The van der Waals surface area contributed by atoms with Gasteiger partial charge in [0.05, 0.1) is 17.2 Å². The van der Waals surface area contributed by atoms with Gasteiger partial charge in [-0.25, -0.2) is 0 Å². The van der Waals surface area contributed by atoms with E-state index >= 15 is 0 Å². The molecule has 0 radical (unpaired) electrons. The van der Waals surface area contributed by atoms with E-state index in [1.54, 1.807) is 11.6 Å². The molecule has 0 atom stereocenters. The van der Waals surface area contributed by atoms with E-state index in [1.807, 2.05) is 20.0 Å². The first kappa shape index (κ1) is 14.7. The van der Waals surface area contributed by atoms with Crippen molar-refractivity contribution in [1.82, 2.24) is 15.1 Å². The monoisotopic (exact) mass is 288 g/mol. The molecule has 0 fully saturated rings. The molecular weight excluding hydrogens is 272 g/mol. The topological polar surface area (TPSA) is 90.1 Å². The van der Waals surface area contributed by atoms with Crippen LogP contribution >= 0.6 is 0 Å². The third kappa shape index (κ3) is 3.25. The fraction of sp³-hybridized carbons (Fsp3) is 0.286. The molecule has 21 heavy (non-hydrogen) atoms. The van der Waals surface area contributed by atoms with E-state index in [-0.39, 0.29) is 11.6 Å². The Hall–Kier alpha value is -2.70. The Bertz CT molecular complexity index is 687. The van der Waals surface area contributed by atoms with Gasteiger partial charge >= 0.3 is 0 Å². The lowest BCUT2D eigenvalue weighted by atomic mass is 10.1. The van der Waals surface area contributed by atoms with Crippen molar-refractivity contribution in [2.24, 2.45) is 7.05 Å². The molecule has 1 amide bonds. The van der Waals surface area contributed by atoms with Gasteiger partial charge in [-0.3, -0.25) is 19.6 Å². The number of nitrogens with zero attached hydrogens (tertiary/aromatic N) is 3. The van der Waals surface area contributed by atoms with Gasteiger partial charge in [0.2, 0.25) is 0 Å². The molecule has 0 aliphatic rings. The van der Waals surface area contributed by atoms with Gasteiger partial charge < -0.3 is 5.32 Å². The van der Waals surface area contributed by atoms with Crippen molar-refractivity contribution < 1.29 is 9.72 Å². The van der Waals surface area contributed by atoms with Gasteiger partial charge in [-0.1, -0.05) is 0 Å². The number of amides is 1. The molecule has 1 aromatic heterocycles. The first-order chi connectivity index (χ1) is 9.88. The number of nitro benzene ring substituents is 1. The predicted molar refractivity (Wildman–Crippen MR) is 76.9 cm³/mol. The van der Waals surface area contributed by atoms with Crippen LogP contribution in [0.5, 0.6) is 0 Å². The zero-order chi connectivity index (χ0) is 15.6. The highest BCUT2D eigenvalue weighted by Crippen LogP contribution is 2.18. The number of hydrogen-bond acceptors (Lipinski definition) is 4. The summed E-state index contributed by atoms with van der Waals surface area (Å²) in [7, 11) is 1.83. The molecule has 0 aliphatic carbocycles. The second-order valence-electron chi connectivity index (χ2n) is 4.84. The highest BCUT2D eigenvalue weighted by molar-refractivity contribution is 5.94. The average Bonchev–Trinajstić information content (AvgIpc) is 2.74. The molecule has 2 aromatic rings. The molecule has 7 nitrogen and oxygen atoms in total. The number of carbonyl (C=O) groups excluding carboxylic acids is 1. The Morgan fingerprint density at radius 2 is 2.10 bits per heavy atom. The maximum absolute atomic E-state index is 12.0. The van der Waals surface area contributed by atoms with Gasteiger partial charge in [0.15, 0.2) is 0 Å². The highest BCUT2D eigenvalue weighted by atomic mass is 16.6. The Kier molecular flexibility index (Phi) is 4.02. The molecule has 110 valence electrons. The minimum absolute atomic E-state index is 0.00639. The number of benzene rings is 1. The van der Waals surface area contributed by atoms with E-state index in [0.717, 1.165) is 11.4 Å². The zero-order valence-electron chi connectivity index (χ0n) is 12.1. The third-order valence-electron chi connectivity index (χ3n) is 3.25. The lowest BCUT2D eigenvalue weighted by molar-refractivity contribution is -0.385. The van der Waals surface area contributed by atoms with Gasteiger partial charge in [-0.05, 0) is 32.0 Å². The number of rotatable bonds is 4. The first-order valence-electron chi connectivity index (χ1n) is 6.41. The Morgan fingerprint density at radius 1 is 1.38 bits per heavy atom. The molecule has 1 heterocycles. The van der Waals surface area contributed by atoms with Crippen LogP contribution in [0, 0.1) is 24.0 Å². The summed E-state index contributed by atoms with van der Waals surface area (Å²) in [4.78, 5) is 22.3. The van der Waals surface area contributed by atoms with E-state index in [2.05, 4.69) is 10.4 Å². The van der Waals surface area contributed by atoms with Crippen molar-refractivity contribution in [3.63, 3.8) is 0 Å². The lowest BCUT2D eigenvalue weighted by Gasteiger charge is -2.04. The van der Waals surface area contributed by atoms with Crippen LogP contribution in [0.4, 0.5) is 5.69 Å². The summed E-state index contributed by atoms with van der Waals surface area (Å²) in [5, 5.41) is 17.7. The zero-order valence-corrected chi connectivity index (χ0v) is 12.1. The Morgan fingerprint density at radius 3 is 2.62 bits per heavy atom. The number of aromatic nitrogens is 2. The van der Waals surface area contributed by atoms with Crippen LogP contribution in [0.25, 0.3) is 0 Å². The number of aryl methyl sites for hydroxylation is 3. The highest BCUT2D eigenvalue weighted by Gasteiger charge is 2.14. The summed E-state index contributed by atoms with van der Waals surface area (Å²) in [6.07, 6.45) is 0. The van der Waals surface area contributed by atoms with Crippen LogP contribution in [0.2, 0.25) is 0 Å². The third-order valence-corrected chi connectivity index (χ3v) is 3.25. The van der Waals surface area contributed by atoms with E-state index in [1.165, 1.54) is 18.2 Å². The second-order valence-corrected chi connectivity index (χ2v) is 4.84. The predicted octanol–water partition coefficient (Wildman–Crippen LogP) is 1.88. The van der Waals surface area contributed by atoms with Crippen molar-refractivity contribution in [2.75, 3.05) is 0 Å². The summed E-state index contributed by atoms with van der Waals surface area (Å²) < 4.78 is 1.73. The summed E-state index contributed by atoms with van der Waals surface area (Å²) >= 11 is 0. The van der Waals surface area contributed by atoms with Crippen molar-refractivity contribution in [3.05, 3.63) is 56.9 Å². The van der Waals surface area contributed by atoms with Crippen LogP contribution in [-0.2, 0) is 13.6 Å². The molecule has 0 spiro atoms. The largest absolute Gasteiger partial charge is 0.346 e. The lowest BCUT2D eigenvalue weighted by Crippen LogP contribution is -2.23. The maximum Gasteiger partial charge on any atom is 0.272 e. The minimum Gasteiger partial charge on any atom is -0.346 e. The summed E-state index contributed by atoms with van der Waals surface area (Å²) in [5.74, 6) is -0.281. The van der Waals surface area contributed by atoms with Crippen LogP contribution in [0.15, 0.2) is 24.3 Å². The molecule has 1 aromatic carbocycles. The summed E-state index contributed by atoms with van der Waals surface area (Å²) in [5.41, 5.74) is 2.63. The molecule has 0 aliphatic heterocycles. The van der Waals surface area contributed by atoms with E-state index in [0.29, 0.717) is 17.7 Å². The molecule has 2 rings (SSSR count). The van der Waals surface area contributed by atoms with E-state index < -0.39 is 4.92 Å². The molecule has 0 saturated carbocycles. The molecule has 0 saturated heterocycles. The van der Waals surface area contributed by atoms with Crippen LogP contribution < -0.4 is 5.32 Å². The van der Waals surface area contributed by atoms with Crippen LogP contribution in [-0.4, -0.2) is 20.6 Å². The van der Waals surface area contributed by atoms with E-state index in [9.17, 15) is 14.9 Å². The molecule has 1 N–H and O–H groups in total. The van der Waals surface area contributed by atoms with Gasteiger partial charge in [0, 0.05) is 29.9 Å². The summed E-state index contributed by atoms with van der Waals surface area (Å²) in [6.45, 7) is 3.85. The first-order valence-corrected chi connectivity index (χ1v) is 6.41. The summed E-state index contributed by atoms with van der Waals surface area (Å²) in [6, 6.07) is 6.19. The molecule has 7 heteroatoms. The maximum atomic E-state index is 12.0. The standard InChI is InChI=1S/C14H16N4O3/c1-9-6-11(4-5-13(9)18(20)21)14(19)15-8-12-7-10(2)17(3)16-12/h4-7H,8H2,1-3H3,(H,15,19). The fourth-order valence-electron chi connectivity index (χ4n) is 2.00. The van der Waals surface area contributed by atoms with Gasteiger partial charge in [-0.15, -0.1) is 0 Å². The molecular formula is C14H16N4O3. The number of carbonyl (C=O) groups is 1. The van der Waals surface area contributed by atoms with Gasteiger partial charge in [0.25, 0.3) is 11.6 Å².